The highest BCUT2D eigenvalue weighted by Gasteiger charge is 2.13. The van der Waals surface area contributed by atoms with Crippen LogP contribution in [0.5, 0.6) is 0 Å². The first kappa shape index (κ1) is 10.8. The first-order valence-corrected chi connectivity index (χ1v) is 5.64. The molecule has 0 aliphatic heterocycles. The molecule has 0 spiro atoms. The Morgan fingerprint density at radius 1 is 1.39 bits per heavy atom. The maximum Gasteiger partial charge on any atom is 0.202 e. The van der Waals surface area contributed by atoms with Crippen LogP contribution in [0.3, 0.4) is 0 Å². The quantitative estimate of drug-likeness (QED) is 0.740. The van der Waals surface area contributed by atoms with Crippen LogP contribution in [0.15, 0.2) is 22.9 Å². The largest absolute Gasteiger partial charge is 0.369 e. The van der Waals surface area contributed by atoms with E-state index in [-0.39, 0.29) is 0 Å². The van der Waals surface area contributed by atoms with Crippen LogP contribution in [-0.2, 0) is 6.54 Å². The lowest BCUT2D eigenvalue weighted by Gasteiger charge is -2.02. The van der Waals surface area contributed by atoms with Gasteiger partial charge >= 0.3 is 0 Å². The molecule has 6 nitrogen and oxygen atoms in total. The minimum Gasteiger partial charge on any atom is -0.369 e. The first-order valence-electron chi connectivity index (χ1n) is 5.64. The molecule has 0 amide bonds. The summed E-state index contributed by atoms with van der Waals surface area (Å²) in [6, 6.07) is 3.79. The monoisotopic (exact) mass is 243 g/mol. The van der Waals surface area contributed by atoms with Gasteiger partial charge in [0.1, 0.15) is 5.52 Å². The number of anilines is 1. The molecule has 0 bridgehead atoms. The zero-order valence-corrected chi connectivity index (χ0v) is 10.2. The summed E-state index contributed by atoms with van der Waals surface area (Å²) < 4.78 is 7.01. The smallest absolute Gasteiger partial charge is 0.202 e. The fraction of sp³-hybridized carbons (Fsp3) is 0.250. The first-order chi connectivity index (χ1) is 8.65. The highest BCUT2D eigenvalue weighted by Crippen LogP contribution is 2.20. The van der Waals surface area contributed by atoms with Crippen molar-refractivity contribution in [1.82, 2.24) is 19.7 Å². The number of hydrogen-bond acceptors (Lipinski definition) is 5. The Kier molecular flexibility index (Phi) is 2.29. The number of hydrogen-bond donors (Lipinski definition) is 1. The van der Waals surface area contributed by atoms with Gasteiger partial charge in [0, 0.05) is 12.3 Å². The summed E-state index contributed by atoms with van der Waals surface area (Å²) in [5, 5.41) is 3.85. The lowest BCUT2D eigenvalue weighted by Crippen LogP contribution is -2.04. The van der Waals surface area contributed by atoms with E-state index in [9.17, 15) is 0 Å². The molecule has 0 aliphatic rings. The topological polar surface area (TPSA) is 82.8 Å². The molecule has 2 N–H and O–H groups in total. The lowest BCUT2D eigenvalue weighted by molar-refractivity contribution is 0.374. The van der Waals surface area contributed by atoms with Gasteiger partial charge in [0.2, 0.25) is 5.95 Å². The predicted molar refractivity (Wildman–Crippen MR) is 67.0 cm³/mol. The second-order valence-electron chi connectivity index (χ2n) is 4.29. The van der Waals surface area contributed by atoms with Crippen molar-refractivity contribution in [1.29, 1.82) is 0 Å². The summed E-state index contributed by atoms with van der Waals surface area (Å²) in [5.74, 6) is 1.17. The molecule has 0 unspecified atom stereocenters. The number of imidazole rings is 1. The van der Waals surface area contributed by atoms with E-state index in [4.69, 9.17) is 10.3 Å². The van der Waals surface area contributed by atoms with Gasteiger partial charge in [-0.3, -0.25) is 4.57 Å². The minimum atomic E-state index is 0.431. The summed E-state index contributed by atoms with van der Waals surface area (Å²) >= 11 is 0. The molecule has 0 saturated carbocycles. The Balaban J connectivity index is 2.11. The summed E-state index contributed by atoms with van der Waals surface area (Å²) in [6.45, 7) is 4.35. The molecule has 3 aromatic rings. The van der Waals surface area contributed by atoms with Crippen molar-refractivity contribution >= 4 is 17.1 Å². The van der Waals surface area contributed by atoms with Crippen molar-refractivity contribution in [2.45, 2.75) is 20.4 Å². The van der Waals surface area contributed by atoms with Crippen molar-refractivity contribution < 1.29 is 4.52 Å². The number of nitrogens with two attached hydrogens (primary N) is 1. The maximum atomic E-state index is 5.93. The fourth-order valence-corrected chi connectivity index (χ4v) is 1.96. The molecular weight excluding hydrogens is 230 g/mol. The molecule has 0 saturated heterocycles. The molecule has 6 heteroatoms. The molecule has 0 radical (unpaired) electrons. The van der Waals surface area contributed by atoms with E-state index >= 15 is 0 Å². The zero-order chi connectivity index (χ0) is 12.7. The van der Waals surface area contributed by atoms with E-state index in [2.05, 4.69) is 15.1 Å². The van der Waals surface area contributed by atoms with Crippen LogP contribution in [0.2, 0.25) is 0 Å². The third-order valence-corrected chi connectivity index (χ3v) is 2.86. The van der Waals surface area contributed by atoms with Crippen molar-refractivity contribution in [2.24, 2.45) is 0 Å². The van der Waals surface area contributed by atoms with Gasteiger partial charge in [-0.05, 0) is 25.5 Å². The number of fused-ring (bicyclic) bond motifs is 1. The van der Waals surface area contributed by atoms with Gasteiger partial charge in [-0.2, -0.15) is 0 Å². The van der Waals surface area contributed by atoms with Gasteiger partial charge in [-0.1, -0.05) is 5.16 Å². The van der Waals surface area contributed by atoms with E-state index in [1.165, 1.54) is 0 Å². The Bertz CT molecular complexity index is 712. The molecule has 18 heavy (non-hydrogen) atoms. The second kappa shape index (κ2) is 3.83. The Labute approximate surface area is 103 Å². The Morgan fingerprint density at radius 2 is 2.22 bits per heavy atom. The predicted octanol–water partition coefficient (Wildman–Crippen LogP) is 1.67. The Morgan fingerprint density at radius 3 is 2.94 bits per heavy atom. The molecular formula is C12H13N5O. The van der Waals surface area contributed by atoms with Crippen molar-refractivity contribution in [3.05, 3.63) is 35.3 Å². The van der Waals surface area contributed by atoms with Gasteiger partial charge in [-0.15, -0.1) is 0 Å². The maximum absolute atomic E-state index is 5.93. The van der Waals surface area contributed by atoms with Crippen LogP contribution >= 0.6 is 0 Å². The van der Waals surface area contributed by atoms with Crippen LogP contribution < -0.4 is 5.73 Å². The van der Waals surface area contributed by atoms with E-state index in [0.29, 0.717) is 12.5 Å². The van der Waals surface area contributed by atoms with Gasteiger partial charge in [0.05, 0.1) is 12.2 Å². The van der Waals surface area contributed by atoms with Crippen LogP contribution in [0.1, 0.15) is 17.0 Å². The van der Waals surface area contributed by atoms with E-state index in [0.717, 1.165) is 28.2 Å². The van der Waals surface area contributed by atoms with Gasteiger partial charge in [0.25, 0.3) is 0 Å². The lowest BCUT2D eigenvalue weighted by atomic mass is 10.3. The van der Waals surface area contributed by atoms with Gasteiger partial charge in [0.15, 0.2) is 11.4 Å². The van der Waals surface area contributed by atoms with Crippen molar-refractivity contribution in [3.63, 3.8) is 0 Å². The molecule has 0 fully saturated rings. The second-order valence-corrected chi connectivity index (χ2v) is 4.29. The number of nitrogen functional groups attached to an aromatic ring is 1. The average Bonchev–Trinajstić information content (AvgIpc) is 2.87. The molecule has 0 aromatic carbocycles. The summed E-state index contributed by atoms with van der Waals surface area (Å²) in [5.41, 5.74) is 9.42. The standard InChI is InChI=1S/C12H13N5O/c1-7-3-4-14-11-10(7)15-12(13)17(11)6-9-5-8(2)16-18-9/h3-5H,6H2,1-2H3,(H2,13,15). The van der Waals surface area contributed by atoms with E-state index < -0.39 is 0 Å². The highest BCUT2D eigenvalue weighted by molar-refractivity contribution is 5.77. The fourth-order valence-electron chi connectivity index (χ4n) is 1.96. The van der Waals surface area contributed by atoms with E-state index in [1.54, 1.807) is 6.20 Å². The van der Waals surface area contributed by atoms with E-state index in [1.807, 2.05) is 30.5 Å². The molecule has 0 atom stereocenters. The third kappa shape index (κ3) is 1.62. The number of rotatable bonds is 2. The zero-order valence-electron chi connectivity index (χ0n) is 10.2. The van der Waals surface area contributed by atoms with Crippen molar-refractivity contribution in [2.75, 3.05) is 5.73 Å². The molecule has 3 aromatic heterocycles. The van der Waals surface area contributed by atoms with Crippen LogP contribution in [0.25, 0.3) is 11.2 Å². The molecule has 92 valence electrons. The van der Waals surface area contributed by atoms with Crippen molar-refractivity contribution in [3.8, 4) is 0 Å². The van der Waals surface area contributed by atoms with Crippen LogP contribution in [-0.4, -0.2) is 19.7 Å². The summed E-state index contributed by atoms with van der Waals surface area (Å²) in [6.07, 6.45) is 1.75. The number of pyridine rings is 1. The third-order valence-electron chi connectivity index (χ3n) is 2.86. The normalized spacial score (nSPS) is 11.2. The summed E-state index contributed by atoms with van der Waals surface area (Å²) in [4.78, 5) is 8.66. The molecule has 0 aliphatic carbocycles. The van der Waals surface area contributed by atoms with Crippen LogP contribution in [0.4, 0.5) is 5.95 Å². The Hall–Kier alpha value is -2.37. The average molecular weight is 243 g/mol. The number of nitrogens with zero attached hydrogens (tertiary/aromatic N) is 4. The highest BCUT2D eigenvalue weighted by atomic mass is 16.5. The summed E-state index contributed by atoms with van der Waals surface area (Å²) in [7, 11) is 0. The van der Waals surface area contributed by atoms with Gasteiger partial charge in [-0.25, -0.2) is 9.97 Å². The minimum absolute atomic E-state index is 0.431. The number of aryl methyl sites for hydroxylation is 2. The number of aromatic nitrogens is 4. The van der Waals surface area contributed by atoms with Gasteiger partial charge < -0.3 is 10.3 Å². The van der Waals surface area contributed by atoms with Crippen LogP contribution in [0, 0.1) is 13.8 Å². The molecule has 3 rings (SSSR count). The SMILES string of the molecule is Cc1cc(Cn2c(N)nc3c(C)ccnc32)on1. The molecule has 3 heterocycles.